The summed E-state index contributed by atoms with van der Waals surface area (Å²) in [5.41, 5.74) is 1.96. The van der Waals surface area contributed by atoms with E-state index >= 15 is 0 Å². The number of benzene rings is 2. The molecule has 0 spiro atoms. The van der Waals surface area contributed by atoms with Crippen LogP contribution < -0.4 is 14.4 Å². The zero-order valence-corrected chi connectivity index (χ0v) is 27.1. The third-order valence-corrected chi connectivity index (χ3v) is 10.3. The number of ketones is 1. The van der Waals surface area contributed by atoms with Gasteiger partial charge in [0.15, 0.2) is 21.6 Å². The van der Waals surface area contributed by atoms with Crippen LogP contribution in [0.1, 0.15) is 57.3 Å². The molecule has 1 atom stereocenters. The minimum atomic E-state index is -0.991. The summed E-state index contributed by atoms with van der Waals surface area (Å²) < 4.78 is 12.1. The predicted molar refractivity (Wildman–Crippen MR) is 170 cm³/mol. The SMILES string of the molecule is CCCCOc1ccc(C2C(C(=O)c3sc(C)nc3C)=C(O)C(=O)N2c2nnc(SCc3ccccc3Cl)s2)cc1OC. The Labute approximate surface area is 266 Å². The van der Waals surface area contributed by atoms with Crippen molar-refractivity contribution >= 4 is 62.9 Å². The number of carbonyl (C=O) groups is 2. The highest BCUT2D eigenvalue weighted by atomic mass is 35.5. The van der Waals surface area contributed by atoms with Gasteiger partial charge in [0.2, 0.25) is 10.9 Å². The number of aliphatic hydroxyl groups excluding tert-OH is 1. The molecule has 13 heteroatoms. The van der Waals surface area contributed by atoms with Crippen LogP contribution in [0.15, 0.2) is 58.1 Å². The second kappa shape index (κ2) is 13.5. The number of carbonyl (C=O) groups excluding carboxylic acids is 2. The Morgan fingerprint density at radius 1 is 1.14 bits per heavy atom. The largest absolute Gasteiger partial charge is 0.503 e. The number of thioether (sulfide) groups is 1. The lowest BCUT2D eigenvalue weighted by atomic mass is 9.95. The molecule has 0 aliphatic carbocycles. The number of aromatic nitrogens is 3. The van der Waals surface area contributed by atoms with Crippen molar-refractivity contribution in [3.63, 3.8) is 0 Å². The van der Waals surface area contributed by atoms with E-state index in [9.17, 15) is 14.7 Å². The zero-order chi connectivity index (χ0) is 30.7. The van der Waals surface area contributed by atoms with Crippen molar-refractivity contribution in [3.8, 4) is 11.5 Å². The lowest BCUT2D eigenvalue weighted by Gasteiger charge is -2.24. The molecule has 0 saturated heterocycles. The van der Waals surface area contributed by atoms with E-state index in [1.54, 1.807) is 32.0 Å². The zero-order valence-electron chi connectivity index (χ0n) is 23.9. The number of Topliss-reactive ketones (excluding diaryl/α,β-unsaturated/α-hetero) is 1. The molecule has 0 fully saturated rings. The molecule has 0 bridgehead atoms. The topological polar surface area (TPSA) is 115 Å². The highest BCUT2D eigenvalue weighted by Gasteiger charge is 2.47. The molecule has 1 N–H and O–H groups in total. The van der Waals surface area contributed by atoms with Crippen LogP contribution in [0.4, 0.5) is 5.13 Å². The highest BCUT2D eigenvalue weighted by Crippen LogP contribution is 2.46. The van der Waals surface area contributed by atoms with Crippen molar-refractivity contribution in [2.24, 2.45) is 0 Å². The number of rotatable bonds is 12. The average molecular weight is 657 g/mol. The summed E-state index contributed by atoms with van der Waals surface area (Å²) in [4.78, 5) is 33.7. The monoisotopic (exact) mass is 656 g/mol. The molecule has 4 aromatic rings. The van der Waals surface area contributed by atoms with Gasteiger partial charge >= 0.3 is 0 Å². The van der Waals surface area contributed by atoms with Crippen LogP contribution in [-0.2, 0) is 10.5 Å². The number of hydrogen-bond donors (Lipinski definition) is 1. The Balaban J connectivity index is 1.54. The van der Waals surface area contributed by atoms with Gasteiger partial charge in [0.1, 0.15) is 0 Å². The van der Waals surface area contributed by atoms with Gasteiger partial charge in [-0.05, 0) is 49.6 Å². The Kier molecular flexibility index (Phi) is 9.70. The first kappa shape index (κ1) is 31.0. The van der Waals surface area contributed by atoms with Crippen molar-refractivity contribution in [1.29, 1.82) is 0 Å². The number of hydrogen-bond acceptors (Lipinski definition) is 11. The Morgan fingerprint density at radius 3 is 2.63 bits per heavy atom. The Hall–Kier alpha value is -3.45. The molecular formula is C30H29ClN4O5S3. The average Bonchev–Trinajstić information content (AvgIpc) is 3.67. The fourth-order valence-corrected chi connectivity index (χ4v) is 7.65. The minimum absolute atomic E-state index is 0.0566. The second-order valence-electron chi connectivity index (χ2n) is 9.66. The Morgan fingerprint density at radius 2 is 1.93 bits per heavy atom. The van der Waals surface area contributed by atoms with Crippen LogP contribution in [0.3, 0.4) is 0 Å². The third-order valence-electron chi connectivity index (χ3n) is 6.73. The summed E-state index contributed by atoms with van der Waals surface area (Å²) in [6, 6.07) is 11.8. The van der Waals surface area contributed by atoms with Gasteiger partial charge in [0, 0.05) is 10.8 Å². The molecule has 2 aromatic heterocycles. The smallest absolute Gasteiger partial charge is 0.296 e. The molecule has 5 rings (SSSR count). The first-order valence-electron chi connectivity index (χ1n) is 13.5. The van der Waals surface area contributed by atoms with E-state index < -0.39 is 23.5 Å². The van der Waals surface area contributed by atoms with Crippen LogP contribution in [0.5, 0.6) is 11.5 Å². The van der Waals surface area contributed by atoms with E-state index in [2.05, 4.69) is 22.1 Å². The number of halogens is 1. The van der Waals surface area contributed by atoms with E-state index in [4.69, 9.17) is 21.1 Å². The normalized spacial score (nSPS) is 15.0. The van der Waals surface area contributed by atoms with E-state index in [1.807, 2.05) is 24.3 Å². The van der Waals surface area contributed by atoms with Crippen molar-refractivity contribution < 1.29 is 24.2 Å². The fraction of sp³-hybridized carbons (Fsp3) is 0.300. The summed E-state index contributed by atoms with van der Waals surface area (Å²) in [6.45, 7) is 6.13. The number of ether oxygens (including phenoxy) is 2. The Bertz CT molecular complexity index is 1700. The summed E-state index contributed by atoms with van der Waals surface area (Å²) >= 11 is 10.2. The van der Waals surface area contributed by atoms with E-state index in [-0.39, 0.29) is 10.7 Å². The summed E-state index contributed by atoms with van der Waals surface area (Å²) in [5, 5.41) is 21.4. The number of amides is 1. The highest BCUT2D eigenvalue weighted by molar-refractivity contribution is 8.00. The predicted octanol–water partition coefficient (Wildman–Crippen LogP) is 7.53. The maximum absolute atomic E-state index is 14.0. The molecule has 0 saturated carbocycles. The van der Waals surface area contributed by atoms with Crippen LogP contribution in [-0.4, -0.2) is 45.7 Å². The lowest BCUT2D eigenvalue weighted by molar-refractivity contribution is -0.117. The quantitative estimate of drug-likeness (QED) is 0.0715. The second-order valence-corrected chi connectivity index (χ2v) is 13.4. The summed E-state index contributed by atoms with van der Waals surface area (Å²) in [6.07, 6.45) is 1.86. The molecule has 2 aromatic carbocycles. The molecule has 0 radical (unpaired) electrons. The van der Waals surface area contributed by atoms with Gasteiger partial charge in [0.25, 0.3) is 5.91 Å². The maximum Gasteiger partial charge on any atom is 0.296 e. The number of aliphatic hydroxyl groups is 1. The number of methoxy groups -OCH3 is 1. The van der Waals surface area contributed by atoms with Crippen molar-refractivity contribution in [1.82, 2.24) is 15.2 Å². The van der Waals surface area contributed by atoms with E-state index in [1.165, 1.54) is 46.4 Å². The van der Waals surface area contributed by atoms with Gasteiger partial charge in [-0.3, -0.25) is 14.5 Å². The van der Waals surface area contributed by atoms with Gasteiger partial charge < -0.3 is 14.6 Å². The lowest BCUT2D eigenvalue weighted by Crippen LogP contribution is -2.31. The van der Waals surface area contributed by atoms with E-state index in [0.29, 0.717) is 54.4 Å². The van der Waals surface area contributed by atoms with Gasteiger partial charge in [-0.2, -0.15) is 0 Å². The van der Waals surface area contributed by atoms with Gasteiger partial charge in [-0.15, -0.1) is 21.5 Å². The summed E-state index contributed by atoms with van der Waals surface area (Å²) in [5.74, 6) is -0.311. The molecule has 43 heavy (non-hydrogen) atoms. The molecule has 9 nitrogen and oxygen atoms in total. The molecule has 1 unspecified atom stereocenters. The molecule has 3 heterocycles. The van der Waals surface area contributed by atoms with Crippen LogP contribution in [0, 0.1) is 13.8 Å². The molecule has 1 amide bonds. The molecule has 224 valence electrons. The molecule has 1 aliphatic rings. The van der Waals surface area contributed by atoms with E-state index in [0.717, 1.165) is 18.4 Å². The number of thiazole rings is 1. The van der Waals surface area contributed by atoms with Crippen molar-refractivity contribution in [2.45, 2.75) is 49.7 Å². The van der Waals surface area contributed by atoms with Gasteiger partial charge in [-0.1, -0.05) is 72.3 Å². The van der Waals surface area contributed by atoms with Gasteiger partial charge in [0.05, 0.1) is 40.9 Å². The first-order valence-corrected chi connectivity index (χ1v) is 16.5. The number of unbranched alkanes of at least 4 members (excludes halogenated alkanes) is 1. The molecule has 1 aliphatic heterocycles. The first-order chi connectivity index (χ1) is 20.7. The van der Waals surface area contributed by atoms with Gasteiger partial charge in [-0.25, -0.2) is 4.98 Å². The van der Waals surface area contributed by atoms with Crippen molar-refractivity contribution in [2.75, 3.05) is 18.6 Å². The standard InChI is InChI=1S/C30H29ClN4O5S3/c1-5-6-13-40-21-12-11-18(14-22(21)39-4)24-23(25(36)27-16(2)32-17(3)42-27)26(37)28(38)35(24)29-33-34-30(43-29)41-15-19-9-7-8-10-20(19)31/h7-12,14,24,37H,5-6,13,15H2,1-4H3. The fourth-order valence-electron chi connectivity index (χ4n) is 4.63. The number of anilines is 1. The minimum Gasteiger partial charge on any atom is -0.503 e. The van der Waals surface area contributed by atoms with Crippen LogP contribution in [0.2, 0.25) is 5.02 Å². The third kappa shape index (κ3) is 6.42. The van der Waals surface area contributed by atoms with Crippen molar-refractivity contribution in [3.05, 3.63) is 85.5 Å². The van der Waals surface area contributed by atoms with Crippen LogP contribution in [0.25, 0.3) is 0 Å². The van der Waals surface area contributed by atoms with Crippen LogP contribution >= 0.6 is 46.0 Å². The maximum atomic E-state index is 14.0. The molecular weight excluding hydrogens is 628 g/mol. The number of aryl methyl sites for hydroxylation is 2. The number of nitrogens with zero attached hydrogens (tertiary/aromatic N) is 4. The summed E-state index contributed by atoms with van der Waals surface area (Å²) in [7, 11) is 1.53.